The van der Waals surface area contributed by atoms with Crippen LogP contribution in [0.5, 0.6) is 17.2 Å². The van der Waals surface area contributed by atoms with Crippen LogP contribution in [0.3, 0.4) is 0 Å². The average Bonchev–Trinajstić information content (AvgIpc) is 2.83. The zero-order chi connectivity index (χ0) is 22.8. The van der Waals surface area contributed by atoms with Crippen molar-refractivity contribution in [1.82, 2.24) is 14.8 Å². The van der Waals surface area contributed by atoms with Crippen LogP contribution < -0.4 is 20.3 Å². The van der Waals surface area contributed by atoms with Gasteiger partial charge in [-0.15, -0.1) is 0 Å². The second kappa shape index (κ2) is 9.45. The fraction of sp³-hybridized carbons (Fsp3) is 0.423. The molecule has 2 aliphatic heterocycles. The van der Waals surface area contributed by atoms with Crippen molar-refractivity contribution >= 4 is 10.9 Å². The van der Waals surface area contributed by atoms with Gasteiger partial charge >= 0.3 is 0 Å². The molecule has 2 aliphatic rings. The molecule has 0 amide bonds. The average molecular weight is 450 g/mol. The first kappa shape index (κ1) is 21.8. The molecule has 5 rings (SSSR count). The molecule has 0 radical (unpaired) electrons. The smallest absolute Gasteiger partial charge is 0.251 e. The maximum absolute atomic E-state index is 12.6. The van der Waals surface area contributed by atoms with Gasteiger partial charge in [-0.25, -0.2) is 0 Å². The molecule has 33 heavy (non-hydrogen) atoms. The summed E-state index contributed by atoms with van der Waals surface area (Å²) in [6.45, 7) is 7.42. The molecule has 3 aromatic rings. The third-order valence-electron chi connectivity index (χ3n) is 6.73. The Morgan fingerprint density at radius 2 is 1.79 bits per heavy atom. The summed E-state index contributed by atoms with van der Waals surface area (Å²) in [7, 11) is 0. The van der Waals surface area contributed by atoms with Crippen LogP contribution >= 0.6 is 0 Å². The van der Waals surface area contributed by atoms with Gasteiger partial charge in [0.2, 0.25) is 0 Å². The standard InChI is InChI=1S/C26H31N3O4/c1-18-14-26(31)29(23-16-21(30)3-4-22(18)23)11-10-28-8-6-20(7-9-28)27-17-19-2-5-24-25(15-19)33-13-12-32-24/h2-5,14-16,20,27,30H,6-13,17H2,1H3. The second-order valence-electron chi connectivity index (χ2n) is 8.99. The minimum Gasteiger partial charge on any atom is -0.508 e. The molecular weight excluding hydrogens is 418 g/mol. The van der Waals surface area contributed by atoms with E-state index in [2.05, 4.69) is 22.3 Å². The molecule has 0 saturated carbocycles. The van der Waals surface area contributed by atoms with Gasteiger partial charge in [-0.1, -0.05) is 6.07 Å². The number of piperidine rings is 1. The number of aryl methyl sites for hydroxylation is 1. The first-order chi connectivity index (χ1) is 16.1. The summed E-state index contributed by atoms with van der Waals surface area (Å²) in [6, 6.07) is 13.6. The number of phenols is 1. The number of fused-ring (bicyclic) bond motifs is 2. The number of likely N-dealkylation sites (tertiary alicyclic amines) is 1. The van der Waals surface area contributed by atoms with E-state index in [-0.39, 0.29) is 11.3 Å². The first-order valence-electron chi connectivity index (χ1n) is 11.7. The summed E-state index contributed by atoms with van der Waals surface area (Å²) >= 11 is 0. The van der Waals surface area contributed by atoms with Crippen molar-refractivity contribution in [2.45, 2.75) is 38.9 Å². The zero-order valence-electron chi connectivity index (χ0n) is 19.0. The summed E-state index contributed by atoms with van der Waals surface area (Å²) in [4.78, 5) is 15.1. The predicted octanol–water partition coefficient (Wildman–Crippen LogP) is 3.04. The first-order valence-corrected chi connectivity index (χ1v) is 11.7. The van der Waals surface area contributed by atoms with Crippen LogP contribution in [0.15, 0.2) is 47.3 Å². The van der Waals surface area contributed by atoms with Gasteiger partial charge in [0, 0.05) is 43.2 Å². The van der Waals surface area contributed by atoms with E-state index in [9.17, 15) is 9.90 Å². The molecule has 0 aliphatic carbocycles. The summed E-state index contributed by atoms with van der Waals surface area (Å²) in [5, 5.41) is 14.6. The highest BCUT2D eigenvalue weighted by molar-refractivity contribution is 5.83. The minimum atomic E-state index is -0.0124. The predicted molar refractivity (Wildman–Crippen MR) is 128 cm³/mol. The van der Waals surface area contributed by atoms with Crippen molar-refractivity contribution in [3.05, 3.63) is 63.9 Å². The van der Waals surface area contributed by atoms with Gasteiger partial charge in [-0.2, -0.15) is 0 Å². The minimum absolute atomic E-state index is 0.0124. The van der Waals surface area contributed by atoms with E-state index in [0.717, 1.165) is 67.0 Å². The van der Waals surface area contributed by atoms with Gasteiger partial charge < -0.3 is 29.4 Å². The fourth-order valence-electron chi connectivity index (χ4n) is 4.83. The van der Waals surface area contributed by atoms with Crippen molar-refractivity contribution < 1.29 is 14.6 Å². The number of hydrogen-bond acceptors (Lipinski definition) is 6. The maximum atomic E-state index is 12.6. The van der Waals surface area contributed by atoms with E-state index < -0.39 is 0 Å². The van der Waals surface area contributed by atoms with Crippen molar-refractivity contribution in [1.29, 1.82) is 0 Å². The molecule has 1 saturated heterocycles. The number of nitrogens with zero attached hydrogens (tertiary/aromatic N) is 2. The highest BCUT2D eigenvalue weighted by Gasteiger charge is 2.20. The van der Waals surface area contributed by atoms with Crippen LogP contribution in [0, 0.1) is 6.92 Å². The lowest BCUT2D eigenvalue weighted by Crippen LogP contribution is -2.43. The van der Waals surface area contributed by atoms with Crippen LogP contribution in [0.1, 0.15) is 24.0 Å². The maximum Gasteiger partial charge on any atom is 0.251 e. The quantitative estimate of drug-likeness (QED) is 0.603. The highest BCUT2D eigenvalue weighted by Crippen LogP contribution is 2.30. The Morgan fingerprint density at radius 1 is 1.00 bits per heavy atom. The number of aromatic nitrogens is 1. The topological polar surface area (TPSA) is 76.0 Å². The molecule has 2 aromatic carbocycles. The van der Waals surface area contributed by atoms with Crippen molar-refractivity contribution in [3.8, 4) is 17.2 Å². The number of nitrogens with one attached hydrogen (secondary N) is 1. The lowest BCUT2D eigenvalue weighted by Gasteiger charge is -2.32. The normalized spacial score (nSPS) is 16.9. The third kappa shape index (κ3) is 4.84. The lowest BCUT2D eigenvalue weighted by molar-refractivity contribution is 0.171. The van der Waals surface area contributed by atoms with E-state index in [4.69, 9.17) is 9.47 Å². The number of hydrogen-bond donors (Lipinski definition) is 2. The molecule has 1 fully saturated rings. The molecule has 0 unspecified atom stereocenters. The van der Waals surface area contributed by atoms with E-state index in [1.807, 2.05) is 19.1 Å². The molecule has 7 nitrogen and oxygen atoms in total. The number of pyridine rings is 1. The van der Waals surface area contributed by atoms with Crippen LogP contribution in [0.25, 0.3) is 10.9 Å². The van der Waals surface area contributed by atoms with E-state index in [1.165, 1.54) is 5.56 Å². The molecule has 0 bridgehead atoms. The molecule has 1 aromatic heterocycles. The summed E-state index contributed by atoms with van der Waals surface area (Å²) in [5.74, 6) is 1.85. The zero-order valence-corrected chi connectivity index (χ0v) is 19.0. The van der Waals surface area contributed by atoms with Crippen LogP contribution in [-0.2, 0) is 13.1 Å². The molecule has 3 heterocycles. The largest absolute Gasteiger partial charge is 0.508 e. The molecular formula is C26H31N3O4. The SMILES string of the molecule is Cc1cc(=O)n(CCN2CCC(NCc3ccc4c(c3)OCCO4)CC2)c2cc(O)ccc12. The highest BCUT2D eigenvalue weighted by atomic mass is 16.6. The second-order valence-corrected chi connectivity index (χ2v) is 8.99. The summed E-state index contributed by atoms with van der Waals surface area (Å²) < 4.78 is 13.1. The van der Waals surface area contributed by atoms with Gasteiger partial charge in [0.15, 0.2) is 11.5 Å². The van der Waals surface area contributed by atoms with Crippen LogP contribution in [-0.4, -0.2) is 53.5 Å². The van der Waals surface area contributed by atoms with Gasteiger partial charge in [0.05, 0.1) is 5.52 Å². The number of ether oxygens (including phenoxy) is 2. The molecule has 0 atom stereocenters. The Hall–Kier alpha value is -3.03. The monoisotopic (exact) mass is 449 g/mol. The summed E-state index contributed by atoms with van der Waals surface area (Å²) in [5.41, 5.74) is 2.93. The third-order valence-corrected chi connectivity index (χ3v) is 6.73. The summed E-state index contributed by atoms with van der Waals surface area (Å²) in [6.07, 6.45) is 2.16. The number of aromatic hydroxyl groups is 1. The van der Waals surface area contributed by atoms with Gasteiger partial charge in [0.25, 0.3) is 5.56 Å². The van der Waals surface area contributed by atoms with Gasteiger partial charge in [-0.05, 0) is 68.2 Å². The molecule has 7 heteroatoms. The van der Waals surface area contributed by atoms with Crippen molar-refractivity contribution in [2.24, 2.45) is 0 Å². The Bertz CT molecular complexity index is 1200. The van der Waals surface area contributed by atoms with E-state index in [0.29, 0.717) is 25.8 Å². The Morgan fingerprint density at radius 3 is 2.61 bits per heavy atom. The van der Waals surface area contributed by atoms with Crippen LogP contribution in [0.4, 0.5) is 0 Å². The van der Waals surface area contributed by atoms with Gasteiger partial charge in [0.1, 0.15) is 19.0 Å². The molecule has 0 spiro atoms. The van der Waals surface area contributed by atoms with Gasteiger partial charge in [-0.3, -0.25) is 4.79 Å². The molecule has 2 N–H and O–H groups in total. The van der Waals surface area contributed by atoms with Crippen molar-refractivity contribution in [3.63, 3.8) is 0 Å². The number of phenolic OH excluding ortho intramolecular Hbond substituents is 1. The molecule has 174 valence electrons. The van der Waals surface area contributed by atoms with E-state index in [1.54, 1.807) is 22.8 Å². The fourth-order valence-corrected chi connectivity index (χ4v) is 4.83. The van der Waals surface area contributed by atoms with E-state index >= 15 is 0 Å². The number of benzene rings is 2. The Balaban J connectivity index is 1.14. The van der Waals surface area contributed by atoms with Crippen LogP contribution in [0.2, 0.25) is 0 Å². The Kier molecular flexibility index (Phi) is 6.24. The number of rotatable bonds is 6. The van der Waals surface area contributed by atoms with Crippen molar-refractivity contribution in [2.75, 3.05) is 32.8 Å². The lowest BCUT2D eigenvalue weighted by atomic mass is 10.0. The Labute approximate surface area is 193 Å².